The predicted molar refractivity (Wildman–Crippen MR) is 156 cm³/mol. The third-order valence-corrected chi connectivity index (χ3v) is 6.77. The highest BCUT2D eigenvalue weighted by Gasteiger charge is 2.17. The van der Waals surface area contributed by atoms with Crippen molar-refractivity contribution in [3.8, 4) is 6.07 Å². The van der Waals surface area contributed by atoms with E-state index in [-0.39, 0.29) is 11.6 Å². The van der Waals surface area contributed by atoms with Crippen LogP contribution in [-0.4, -0.2) is 21.7 Å². The molecule has 0 atom stereocenters. The van der Waals surface area contributed by atoms with Crippen LogP contribution < -0.4 is 5.32 Å². The van der Waals surface area contributed by atoms with Crippen LogP contribution in [-0.2, 0) is 11.8 Å². The van der Waals surface area contributed by atoms with Crippen molar-refractivity contribution in [3.63, 3.8) is 0 Å². The van der Waals surface area contributed by atoms with Crippen molar-refractivity contribution in [2.24, 2.45) is 7.05 Å². The largest absolute Gasteiger partial charge is 0.350 e. The number of nitrogens with zero attached hydrogens (tertiary/aromatic N) is 3. The van der Waals surface area contributed by atoms with Gasteiger partial charge in [-0.1, -0.05) is 65.7 Å². The van der Waals surface area contributed by atoms with Crippen molar-refractivity contribution < 1.29 is 9.59 Å². The van der Waals surface area contributed by atoms with Crippen LogP contribution in [0.2, 0.25) is 0 Å². The minimum atomic E-state index is -0.312. The molecule has 2 heterocycles. The molecular weight excluding hydrogens is 472 g/mol. The highest BCUT2D eigenvalue weighted by atomic mass is 16.1. The Hall–Kier alpha value is -3.46. The number of benzene rings is 1. The number of anilines is 1. The molecule has 204 valence electrons. The Morgan fingerprint density at radius 2 is 1.71 bits per heavy atom. The van der Waals surface area contributed by atoms with Gasteiger partial charge in [-0.25, -0.2) is 0 Å². The van der Waals surface area contributed by atoms with Crippen LogP contribution in [0.25, 0.3) is 10.9 Å². The third kappa shape index (κ3) is 9.45. The number of hydrogen-bond acceptors (Lipinski definition) is 4. The molecule has 3 aromatic rings. The van der Waals surface area contributed by atoms with Gasteiger partial charge in [0.1, 0.15) is 12.0 Å². The summed E-state index contributed by atoms with van der Waals surface area (Å²) in [5, 5.41) is 13.1. The van der Waals surface area contributed by atoms with E-state index in [1.165, 1.54) is 55.3 Å². The average molecular weight is 517 g/mol. The van der Waals surface area contributed by atoms with E-state index in [4.69, 9.17) is 5.26 Å². The maximum absolute atomic E-state index is 12.6. The van der Waals surface area contributed by atoms with Crippen molar-refractivity contribution in [1.29, 1.82) is 5.26 Å². The third-order valence-electron chi connectivity index (χ3n) is 6.77. The van der Waals surface area contributed by atoms with Crippen LogP contribution in [0.1, 0.15) is 119 Å². The van der Waals surface area contributed by atoms with Gasteiger partial charge in [0.25, 0.3) is 5.91 Å². The van der Waals surface area contributed by atoms with Gasteiger partial charge in [0.2, 0.25) is 0 Å². The number of aldehydes is 1. The first-order chi connectivity index (χ1) is 18.5. The molecule has 1 aliphatic rings. The molecule has 1 saturated carbocycles. The fourth-order valence-electron chi connectivity index (χ4n) is 4.80. The lowest BCUT2D eigenvalue weighted by Gasteiger charge is -2.15. The number of hydrogen-bond donors (Lipinski definition) is 1. The second-order valence-corrected chi connectivity index (χ2v) is 9.92. The zero-order valence-electron chi connectivity index (χ0n) is 23.6. The smallest absolute Gasteiger partial charge is 0.274 e. The Morgan fingerprint density at radius 1 is 1.05 bits per heavy atom. The van der Waals surface area contributed by atoms with Gasteiger partial charge < -0.3 is 14.7 Å². The maximum atomic E-state index is 12.6. The Kier molecular flexibility index (Phi) is 13.9. The number of unbranched alkanes of at least 4 members (excludes halogenated alkanes) is 1. The van der Waals surface area contributed by atoms with Gasteiger partial charge in [0.05, 0.1) is 11.6 Å². The zero-order valence-corrected chi connectivity index (χ0v) is 23.6. The number of carbonyl (C=O) groups excluding carboxylic acids is 2. The van der Waals surface area contributed by atoms with Gasteiger partial charge in [0.15, 0.2) is 0 Å². The first-order valence-electron chi connectivity index (χ1n) is 14.2. The molecule has 1 amide bonds. The van der Waals surface area contributed by atoms with E-state index in [9.17, 15) is 9.59 Å². The number of carbonyl (C=O) groups is 2. The van der Waals surface area contributed by atoms with E-state index in [0.717, 1.165) is 49.6 Å². The molecule has 6 heteroatoms. The molecule has 0 aliphatic heterocycles. The van der Waals surface area contributed by atoms with Crippen molar-refractivity contribution in [1.82, 2.24) is 9.55 Å². The number of aryl methyl sites for hydroxylation is 1. The van der Waals surface area contributed by atoms with Crippen LogP contribution in [0, 0.1) is 11.3 Å². The molecule has 38 heavy (non-hydrogen) atoms. The number of nitriles is 1. The van der Waals surface area contributed by atoms with Gasteiger partial charge >= 0.3 is 0 Å². The lowest BCUT2D eigenvalue weighted by molar-refractivity contribution is -0.107. The average Bonchev–Trinajstić information content (AvgIpc) is 3.62. The van der Waals surface area contributed by atoms with Crippen molar-refractivity contribution in [2.45, 2.75) is 97.3 Å². The summed E-state index contributed by atoms with van der Waals surface area (Å²) in [6, 6.07) is 11.1. The van der Waals surface area contributed by atoms with E-state index in [1.807, 2.05) is 25.1 Å². The van der Waals surface area contributed by atoms with Crippen molar-refractivity contribution >= 4 is 28.8 Å². The van der Waals surface area contributed by atoms with Crippen LogP contribution in [0.4, 0.5) is 5.69 Å². The number of rotatable bonds is 9. The Labute approximate surface area is 228 Å². The van der Waals surface area contributed by atoms with Gasteiger partial charge in [0, 0.05) is 42.5 Å². The van der Waals surface area contributed by atoms with Crippen LogP contribution in [0.3, 0.4) is 0 Å². The lowest BCUT2D eigenvalue weighted by Crippen LogP contribution is -2.13. The molecule has 6 nitrogen and oxygen atoms in total. The summed E-state index contributed by atoms with van der Waals surface area (Å²) in [4.78, 5) is 26.0. The lowest BCUT2D eigenvalue weighted by atomic mass is 9.90. The molecule has 0 spiro atoms. The summed E-state index contributed by atoms with van der Waals surface area (Å²) < 4.78 is 2.16. The fourth-order valence-corrected chi connectivity index (χ4v) is 4.80. The molecule has 0 saturated heterocycles. The van der Waals surface area contributed by atoms with Gasteiger partial charge in [-0.05, 0) is 61.1 Å². The van der Waals surface area contributed by atoms with Crippen molar-refractivity contribution in [2.75, 3.05) is 5.32 Å². The Morgan fingerprint density at radius 3 is 2.24 bits per heavy atom. The fraction of sp³-hybridized carbons (Fsp3) is 0.500. The summed E-state index contributed by atoms with van der Waals surface area (Å²) in [6.45, 7) is 6.43. The molecule has 0 bridgehead atoms. The number of pyridine rings is 1. The molecule has 1 N–H and O–H groups in total. The summed E-state index contributed by atoms with van der Waals surface area (Å²) >= 11 is 0. The van der Waals surface area contributed by atoms with Crippen LogP contribution >= 0.6 is 0 Å². The van der Waals surface area contributed by atoms with E-state index >= 15 is 0 Å². The zero-order chi connectivity index (χ0) is 27.8. The Bertz CT molecular complexity index is 1170. The van der Waals surface area contributed by atoms with E-state index < -0.39 is 0 Å². The minimum Gasteiger partial charge on any atom is -0.350 e. The first kappa shape index (κ1) is 30.8. The second-order valence-electron chi connectivity index (χ2n) is 9.92. The number of fused-ring (bicyclic) bond motifs is 1. The van der Waals surface area contributed by atoms with E-state index in [0.29, 0.717) is 17.9 Å². The number of amides is 1. The number of aromatic nitrogens is 2. The van der Waals surface area contributed by atoms with Crippen molar-refractivity contribution in [3.05, 3.63) is 59.5 Å². The molecule has 2 aromatic heterocycles. The molecule has 0 radical (unpaired) electrons. The summed E-state index contributed by atoms with van der Waals surface area (Å²) in [6.07, 6.45) is 18.4. The first-order valence-corrected chi connectivity index (χ1v) is 14.2. The Balaban J connectivity index is 0.000000425. The van der Waals surface area contributed by atoms with Crippen LogP contribution in [0.15, 0.2) is 42.7 Å². The van der Waals surface area contributed by atoms with Gasteiger partial charge in [-0.2, -0.15) is 5.26 Å². The summed E-state index contributed by atoms with van der Waals surface area (Å²) in [5.41, 5.74) is 3.91. The highest BCUT2D eigenvalue weighted by molar-refractivity contribution is 6.04. The SMILES string of the molecule is C1CCCC1.CCCC(CCC)c1cn(C)c2ccc(NC(=O)c3cc(C#N)ccn3)cc12.CCCC=O. The summed E-state index contributed by atoms with van der Waals surface area (Å²) in [5.74, 6) is 0.214. The second kappa shape index (κ2) is 17.1. The molecular formula is C32H44N4O2. The topological polar surface area (TPSA) is 87.8 Å². The normalized spacial score (nSPS) is 12.2. The molecule has 1 aromatic carbocycles. The maximum Gasteiger partial charge on any atom is 0.274 e. The summed E-state index contributed by atoms with van der Waals surface area (Å²) in [7, 11) is 2.07. The molecule has 1 aliphatic carbocycles. The standard InChI is InChI=1S/C23H26N4O.C5H10.C4H8O/c1-4-6-17(7-5-2)20-15-27(3)22-9-8-18(13-19(20)22)26-23(28)21-12-16(14-24)10-11-25-21;1-2-4-5-3-1;1-2-3-4-5/h8-13,15,17H,4-7H2,1-3H3,(H,26,28);1-5H2;4H,2-3H2,1H3. The monoisotopic (exact) mass is 516 g/mol. The van der Waals surface area contributed by atoms with E-state index in [2.05, 4.69) is 48.0 Å². The predicted octanol–water partition coefficient (Wildman–Crippen LogP) is 8.32. The number of nitrogens with one attached hydrogen (secondary N) is 1. The minimum absolute atomic E-state index is 0.238. The van der Waals surface area contributed by atoms with Gasteiger partial charge in [-0.3, -0.25) is 9.78 Å². The quantitative estimate of drug-likeness (QED) is 0.290. The highest BCUT2D eigenvalue weighted by Crippen LogP contribution is 2.34. The molecule has 1 fully saturated rings. The molecule has 0 unspecified atom stereocenters. The molecule has 4 rings (SSSR count). The van der Waals surface area contributed by atoms with E-state index in [1.54, 1.807) is 6.07 Å². The van der Waals surface area contributed by atoms with Gasteiger partial charge in [-0.15, -0.1) is 0 Å². The van der Waals surface area contributed by atoms with Crippen LogP contribution in [0.5, 0.6) is 0 Å².